The molecule has 2 atom stereocenters. The second kappa shape index (κ2) is 7.60. The number of thioether (sulfide) groups is 1. The van der Waals surface area contributed by atoms with Gasteiger partial charge in [0.25, 0.3) is 0 Å². The maximum absolute atomic E-state index is 12.1. The Bertz CT molecular complexity index is 1000. The van der Waals surface area contributed by atoms with Crippen molar-refractivity contribution in [1.29, 1.82) is 0 Å². The number of ether oxygens (including phenoxy) is 1. The van der Waals surface area contributed by atoms with Gasteiger partial charge >= 0.3 is 0 Å². The summed E-state index contributed by atoms with van der Waals surface area (Å²) in [6.45, 7) is 1.87. The normalized spacial score (nSPS) is 24.3. The lowest BCUT2D eigenvalue weighted by molar-refractivity contribution is -0.115. The minimum atomic E-state index is -3.07. The second-order valence-corrected chi connectivity index (χ2v) is 10.2. The molecule has 2 aliphatic rings. The van der Waals surface area contributed by atoms with Gasteiger partial charge in [0.05, 0.1) is 17.5 Å². The van der Waals surface area contributed by atoms with E-state index in [-0.39, 0.29) is 28.7 Å². The van der Waals surface area contributed by atoms with Crippen LogP contribution in [-0.4, -0.2) is 42.3 Å². The number of sulfone groups is 1. The van der Waals surface area contributed by atoms with Gasteiger partial charge in [-0.2, -0.15) is 4.99 Å². The molecule has 0 aliphatic carbocycles. The number of anilines is 1. The summed E-state index contributed by atoms with van der Waals surface area (Å²) in [5.74, 6) is 0.625. The number of amides is 1. The number of fused-ring (bicyclic) bond motifs is 1. The van der Waals surface area contributed by atoms with Crippen molar-refractivity contribution in [2.75, 3.05) is 16.4 Å². The molecule has 2 saturated heterocycles. The van der Waals surface area contributed by atoms with E-state index in [1.54, 1.807) is 0 Å². The van der Waals surface area contributed by atoms with Gasteiger partial charge in [0.15, 0.2) is 15.0 Å². The van der Waals surface area contributed by atoms with Crippen molar-refractivity contribution in [1.82, 2.24) is 0 Å². The minimum Gasteiger partial charge on any atom is -0.489 e. The van der Waals surface area contributed by atoms with Crippen LogP contribution in [0.4, 0.5) is 5.69 Å². The van der Waals surface area contributed by atoms with Gasteiger partial charge in [0.2, 0.25) is 5.91 Å². The Labute approximate surface area is 168 Å². The van der Waals surface area contributed by atoms with Gasteiger partial charge in [0.1, 0.15) is 12.4 Å². The monoisotopic (exact) mass is 416 g/mol. The fourth-order valence-corrected chi connectivity index (χ4v) is 7.40. The third kappa shape index (κ3) is 4.07. The summed E-state index contributed by atoms with van der Waals surface area (Å²) in [7, 11) is -3.07. The molecule has 4 rings (SSSR count). The molecular weight excluding hydrogens is 396 g/mol. The van der Waals surface area contributed by atoms with Crippen LogP contribution in [0.2, 0.25) is 0 Å². The van der Waals surface area contributed by atoms with E-state index >= 15 is 0 Å². The fraction of sp³-hybridized carbons (Fsp3) is 0.300. The molecule has 2 aliphatic heterocycles. The Kier molecular flexibility index (Phi) is 5.16. The Morgan fingerprint density at radius 1 is 1.14 bits per heavy atom. The summed E-state index contributed by atoms with van der Waals surface area (Å²) in [5, 5.41) is 0.465. The average Bonchev–Trinajstić information content (AvgIpc) is 3.11. The summed E-state index contributed by atoms with van der Waals surface area (Å²) < 4.78 is 29.9. The molecule has 2 fully saturated rings. The Hall–Kier alpha value is -2.32. The summed E-state index contributed by atoms with van der Waals surface area (Å²) >= 11 is 1.37. The standard InChI is InChI=1S/C20H20N2O4S2/c1-14(23)21-20-22(18-12-28(24,25)13-19(18)27-20)16-7-9-17(10-8-16)26-11-15-5-3-2-4-6-15/h2-10,18-19H,11-13H2,1H3/t18-,19-/m0/s1. The maximum Gasteiger partial charge on any atom is 0.244 e. The van der Waals surface area contributed by atoms with Crippen molar-refractivity contribution >= 4 is 38.4 Å². The third-order valence-electron chi connectivity index (χ3n) is 4.68. The Morgan fingerprint density at radius 2 is 1.86 bits per heavy atom. The van der Waals surface area contributed by atoms with E-state index in [0.717, 1.165) is 17.0 Å². The van der Waals surface area contributed by atoms with Crippen molar-refractivity contribution in [3.63, 3.8) is 0 Å². The molecule has 0 unspecified atom stereocenters. The summed E-state index contributed by atoms with van der Waals surface area (Å²) in [5.41, 5.74) is 1.89. The van der Waals surface area contributed by atoms with Gasteiger partial charge < -0.3 is 9.64 Å². The fourth-order valence-electron chi connectivity index (χ4n) is 3.44. The molecular formula is C20H20N2O4S2. The van der Waals surface area contributed by atoms with Crippen molar-refractivity contribution in [2.24, 2.45) is 4.99 Å². The lowest BCUT2D eigenvalue weighted by Gasteiger charge is -2.24. The summed E-state index contributed by atoms with van der Waals surface area (Å²) in [4.78, 5) is 17.5. The van der Waals surface area contributed by atoms with Crippen molar-refractivity contribution in [3.05, 3.63) is 60.2 Å². The van der Waals surface area contributed by atoms with Crippen LogP contribution in [-0.2, 0) is 21.2 Å². The highest BCUT2D eigenvalue weighted by atomic mass is 32.2. The molecule has 1 amide bonds. The lowest BCUT2D eigenvalue weighted by atomic mass is 10.2. The zero-order valence-electron chi connectivity index (χ0n) is 15.3. The zero-order chi connectivity index (χ0) is 19.7. The predicted molar refractivity (Wildman–Crippen MR) is 112 cm³/mol. The molecule has 0 aromatic heterocycles. The van der Waals surface area contributed by atoms with Crippen LogP contribution in [0.25, 0.3) is 0 Å². The van der Waals surface area contributed by atoms with Gasteiger partial charge in [-0.15, -0.1) is 0 Å². The smallest absolute Gasteiger partial charge is 0.244 e. The first kappa shape index (κ1) is 19.0. The van der Waals surface area contributed by atoms with E-state index in [4.69, 9.17) is 4.74 Å². The number of hydrogen-bond acceptors (Lipinski definition) is 5. The van der Waals surface area contributed by atoms with Crippen LogP contribution in [0.3, 0.4) is 0 Å². The van der Waals surface area contributed by atoms with Crippen LogP contribution >= 0.6 is 11.8 Å². The van der Waals surface area contributed by atoms with Crippen LogP contribution < -0.4 is 9.64 Å². The van der Waals surface area contributed by atoms with E-state index < -0.39 is 9.84 Å². The third-order valence-corrected chi connectivity index (χ3v) is 7.89. The predicted octanol–water partition coefficient (Wildman–Crippen LogP) is 2.89. The van der Waals surface area contributed by atoms with E-state index in [0.29, 0.717) is 11.8 Å². The topological polar surface area (TPSA) is 76.0 Å². The zero-order valence-corrected chi connectivity index (χ0v) is 16.9. The van der Waals surface area contributed by atoms with Gasteiger partial charge in [-0.1, -0.05) is 42.1 Å². The number of carbonyl (C=O) groups excluding carboxylic acids is 1. The molecule has 8 heteroatoms. The largest absolute Gasteiger partial charge is 0.489 e. The van der Waals surface area contributed by atoms with E-state index in [1.807, 2.05) is 59.5 Å². The number of rotatable bonds is 4. The van der Waals surface area contributed by atoms with E-state index in [1.165, 1.54) is 18.7 Å². The van der Waals surface area contributed by atoms with Crippen molar-refractivity contribution in [3.8, 4) is 5.75 Å². The first-order chi connectivity index (χ1) is 13.4. The number of hydrogen-bond donors (Lipinski definition) is 0. The summed E-state index contributed by atoms with van der Waals surface area (Å²) in [6.07, 6.45) is 0. The van der Waals surface area contributed by atoms with Crippen LogP contribution in [0.5, 0.6) is 5.75 Å². The second-order valence-electron chi connectivity index (χ2n) is 6.85. The molecule has 0 N–H and O–H groups in total. The van der Waals surface area contributed by atoms with E-state index in [9.17, 15) is 13.2 Å². The molecule has 2 aromatic carbocycles. The number of nitrogens with zero attached hydrogens (tertiary/aromatic N) is 2. The quantitative estimate of drug-likeness (QED) is 0.763. The van der Waals surface area contributed by atoms with E-state index in [2.05, 4.69) is 4.99 Å². The lowest BCUT2D eigenvalue weighted by Crippen LogP contribution is -2.37. The number of carbonyl (C=O) groups is 1. The van der Waals surface area contributed by atoms with Crippen LogP contribution in [0.15, 0.2) is 59.6 Å². The maximum atomic E-state index is 12.1. The molecule has 2 aromatic rings. The number of benzene rings is 2. The SMILES string of the molecule is CC(=O)N=C1S[C@H]2CS(=O)(=O)C[C@@H]2N1c1ccc(OCc2ccccc2)cc1. The molecule has 146 valence electrons. The molecule has 2 heterocycles. The number of aliphatic imine (C=N–C) groups is 1. The van der Waals surface area contributed by atoms with Crippen LogP contribution in [0, 0.1) is 0 Å². The Morgan fingerprint density at radius 3 is 2.54 bits per heavy atom. The highest BCUT2D eigenvalue weighted by molar-refractivity contribution is 8.16. The molecule has 28 heavy (non-hydrogen) atoms. The van der Waals surface area contributed by atoms with Gasteiger partial charge in [0, 0.05) is 17.9 Å². The van der Waals surface area contributed by atoms with Gasteiger partial charge in [-0.3, -0.25) is 4.79 Å². The minimum absolute atomic E-state index is 0.0772. The molecule has 0 radical (unpaired) electrons. The van der Waals surface area contributed by atoms with Gasteiger partial charge in [-0.05, 0) is 29.8 Å². The Balaban J connectivity index is 1.54. The highest BCUT2D eigenvalue weighted by Crippen LogP contribution is 2.41. The first-order valence-corrected chi connectivity index (χ1v) is 11.6. The molecule has 0 bridgehead atoms. The highest BCUT2D eigenvalue weighted by Gasteiger charge is 2.49. The average molecular weight is 417 g/mol. The van der Waals surface area contributed by atoms with Crippen molar-refractivity contribution in [2.45, 2.75) is 24.8 Å². The molecule has 0 spiro atoms. The molecule has 0 saturated carbocycles. The number of amidine groups is 1. The van der Waals surface area contributed by atoms with Crippen LogP contribution in [0.1, 0.15) is 12.5 Å². The van der Waals surface area contributed by atoms with Gasteiger partial charge in [-0.25, -0.2) is 8.42 Å². The van der Waals surface area contributed by atoms with Crippen molar-refractivity contribution < 1.29 is 17.9 Å². The first-order valence-electron chi connectivity index (χ1n) is 8.94. The molecule has 6 nitrogen and oxygen atoms in total. The summed E-state index contributed by atoms with van der Waals surface area (Å²) in [6, 6.07) is 17.2.